The van der Waals surface area contributed by atoms with E-state index >= 15 is 0 Å². The van der Waals surface area contributed by atoms with E-state index in [4.69, 9.17) is 14.2 Å². The molecule has 0 fully saturated rings. The van der Waals surface area contributed by atoms with Crippen molar-refractivity contribution in [2.75, 3.05) is 13.4 Å². The highest BCUT2D eigenvalue weighted by atomic mass is 19.2. The molecule has 0 amide bonds. The van der Waals surface area contributed by atoms with Gasteiger partial charge in [-0.05, 0) is 18.2 Å². The van der Waals surface area contributed by atoms with Gasteiger partial charge >= 0.3 is 0 Å². The van der Waals surface area contributed by atoms with Gasteiger partial charge in [-0.1, -0.05) is 12.1 Å². The third-order valence-electron chi connectivity index (χ3n) is 3.09. The first-order chi connectivity index (χ1) is 10.1. The van der Waals surface area contributed by atoms with Crippen molar-refractivity contribution in [1.82, 2.24) is 0 Å². The van der Waals surface area contributed by atoms with Gasteiger partial charge in [-0.25, -0.2) is 8.78 Å². The Hall–Kier alpha value is -2.34. The normalized spacial score (nSPS) is 14.0. The second-order valence-electron chi connectivity index (χ2n) is 4.48. The van der Waals surface area contributed by atoms with E-state index in [2.05, 4.69) is 0 Å². The Labute approximate surface area is 119 Å². The van der Waals surface area contributed by atoms with E-state index in [1.807, 2.05) is 0 Å². The van der Waals surface area contributed by atoms with Gasteiger partial charge < -0.3 is 19.3 Å². The van der Waals surface area contributed by atoms with E-state index in [9.17, 15) is 13.9 Å². The van der Waals surface area contributed by atoms with Gasteiger partial charge in [0.05, 0.1) is 0 Å². The van der Waals surface area contributed by atoms with Crippen LogP contribution in [0.4, 0.5) is 8.78 Å². The molecule has 1 N–H and O–H groups in total. The Bertz CT molecular complexity index is 660. The zero-order valence-electron chi connectivity index (χ0n) is 10.9. The maximum absolute atomic E-state index is 13.5. The molecule has 21 heavy (non-hydrogen) atoms. The highest BCUT2D eigenvalue weighted by molar-refractivity contribution is 5.46. The van der Waals surface area contributed by atoms with E-state index in [-0.39, 0.29) is 19.0 Å². The van der Waals surface area contributed by atoms with Crippen LogP contribution >= 0.6 is 0 Å². The van der Waals surface area contributed by atoms with E-state index in [0.717, 1.165) is 6.07 Å². The van der Waals surface area contributed by atoms with Crippen molar-refractivity contribution in [3.05, 3.63) is 53.6 Å². The van der Waals surface area contributed by atoms with Crippen LogP contribution in [-0.4, -0.2) is 18.5 Å². The van der Waals surface area contributed by atoms with Gasteiger partial charge in [0.25, 0.3) is 0 Å². The van der Waals surface area contributed by atoms with Crippen molar-refractivity contribution in [3.8, 4) is 17.2 Å². The predicted molar refractivity (Wildman–Crippen MR) is 69.4 cm³/mol. The minimum atomic E-state index is -1.27. The van der Waals surface area contributed by atoms with Crippen LogP contribution in [0.5, 0.6) is 17.2 Å². The zero-order chi connectivity index (χ0) is 14.8. The number of rotatable bonds is 4. The molecule has 110 valence electrons. The SMILES string of the molecule is OC(COc1ccc2c(c1)OCO2)c1cccc(F)c1F. The molecular weight excluding hydrogens is 282 g/mol. The van der Waals surface area contributed by atoms with Crippen molar-refractivity contribution in [2.24, 2.45) is 0 Å². The maximum atomic E-state index is 13.5. The molecule has 0 spiro atoms. The van der Waals surface area contributed by atoms with Gasteiger partial charge in [0.15, 0.2) is 23.1 Å². The van der Waals surface area contributed by atoms with E-state index in [1.165, 1.54) is 12.1 Å². The van der Waals surface area contributed by atoms with E-state index in [0.29, 0.717) is 17.2 Å². The third-order valence-corrected chi connectivity index (χ3v) is 3.09. The lowest BCUT2D eigenvalue weighted by Crippen LogP contribution is -2.12. The Morgan fingerprint density at radius 3 is 2.81 bits per heavy atom. The van der Waals surface area contributed by atoms with Crippen LogP contribution in [0, 0.1) is 11.6 Å². The highest BCUT2D eigenvalue weighted by Crippen LogP contribution is 2.35. The summed E-state index contributed by atoms with van der Waals surface area (Å²) in [7, 11) is 0. The number of halogens is 2. The maximum Gasteiger partial charge on any atom is 0.231 e. The zero-order valence-corrected chi connectivity index (χ0v) is 10.9. The molecule has 0 aromatic heterocycles. The Morgan fingerprint density at radius 2 is 1.95 bits per heavy atom. The van der Waals surface area contributed by atoms with Gasteiger partial charge in [-0.15, -0.1) is 0 Å². The molecule has 0 bridgehead atoms. The molecule has 1 heterocycles. The van der Waals surface area contributed by atoms with Crippen molar-refractivity contribution < 1.29 is 28.1 Å². The van der Waals surface area contributed by atoms with E-state index in [1.54, 1.807) is 18.2 Å². The smallest absolute Gasteiger partial charge is 0.231 e. The van der Waals surface area contributed by atoms with Crippen molar-refractivity contribution in [3.63, 3.8) is 0 Å². The van der Waals surface area contributed by atoms with Crippen LogP contribution in [0.25, 0.3) is 0 Å². The summed E-state index contributed by atoms with van der Waals surface area (Å²) in [5, 5.41) is 9.89. The van der Waals surface area contributed by atoms with Gasteiger partial charge in [0.1, 0.15) is 18.5 Å². The summed E-state index contributed by atoms with van der Waals surface area (Å²) in [5.74, 6) is -0.484. The first-order valence-electron chi connectivity index (χ1n) is 6.29. The second kappa shape index (κ2) is 5.57. The molecule has 3 rings (SSSR count). The molecule has 1 aliphatic heterocycles. The Balaban J connectivity index is 1.68. The van der Waals surface area contributed by atoms with Crippen molar-refractivity contribution >= 4 is 0 Å². The minimum absolute atomic E-state index is 0.143. The summed E-state index contributed by atoms with van der Waals surface area (Å²) < 4.78 is 42.3. The molecule has 0 saturated carbocycles. The molecule has 0 radical (unpaired) electrons. The molecule has 1 unspecified atom stereocenters. The topological polar surface area (TPSA) is 47.9 Å². The van der Waals surface area contributed by atoms with Gasteiger partial charge in [-0.3, -0.25) is 0 Å². The quantitative estimate of drug-likeness (QED) is 0.942. The molecule has 2 aromatic carbocycles. The molecule has 1 aliphatic rings. The van der Waals surface area contributed by atoms with Crippen LogP contribution in [0.1, 0.15) is 11.7 Å². The standard InChI is InChI=1S/C15H12F2O4/c16-11-3-1-2-10(15(11)17)12(18)7-19-9-4-5-13-14(6-9)21-8-20-13/h1-6,12,18H,7-8H2. The lowest BCUT2D eigenvalue weighted by Gasteiger charge is -2.14. The second-order valence-corrected chi connectivity index (χ2v) is 4.48. The average molecular weight is 294 g/mol. The Kier molecular flexibility index (Phi) is 3.62. The molecule has 0 saturated heterocycles. The number of ether oxygens (including phenoxy) is 3. The first kappa shape index (κ1) is 13.6. The predicted octanol–water partition coefficient (Wildman–Crippen LogP) is 2.81. The average Bonchev–Trinajstić information content (AvgIpc) is 2.95. The van der Waals surface area contributed by atoms with Crippen molar-refractivity contribution in [1.29, 1.82) is 0 Å². The number of hydrogen-bond donors (Lipinski definition) is 1. The monoisotopic (exact) mass is 294 g/mol. The number of aliphatic hydroxyl groups excluding tert-OH is 1. The summed E-state index contributed by atoms with van der Waals surface area (Å²) in [5.41, 5.74) is -0.143. The van der Waals surface area contributed by atoms with Crippen LogP contribution in [0.3, 0.4) is 0 Å². The highest BCUT2D eigenvalue weighted by Gasteiger charge is 2.18. The van der Waals surface area contributed by atoms with Gasteiger partial charge in [-0.2, -0.15) is 0 Å². The van der Waals surface area contributed by atoms with Gasteiger partial charge in [0.2, 0.25) is 6.79 Å². The Morgan fingerprint density at radius 1 is 1.14 bits per heavy atom. The number of benzene rings is 2. The van der Waals surface area contributed by atoms with Gasteiger partial charge in [0, 0.05) is 11.6 Å². The molecule has 1 atom stereocenters. The number of fused-ring (bicyclic) bond motifs is 1. The molecule has 6 heteroatoms. The molecule has 2 aromatic rings. The summed E-state index contributed by atoms with van der Waals surface area (Å²) in [6, 6.07) is 8.56. The molecular formula is C15H12F2O4. The lowest BCUT2D eigenvalue weighted by atomic mass is 10.1. The summed E-state index contributed by atoms with van der Waals surface area (Å²) in [6.07, 6.45) is -1.27. The summed E-state index contributed by atoms with van der Waals surface area (Å²) in [4.78, 5) is 0. The third kappa shape index (κ3) is 2.75. The van der Waals surface area contributed by atoms with Crippen LogP contribution < -0.4 is 14.2 Å². The first-order valence-corrected chi connectivity index (χ1v) is 6.29. The molecule has 0 aliphatic carbocycles. The number of aliphatic hydroxyl groups is 1. The number of hydrogen-bond acceptors (Lipinski definition) is 4. The van der Waals surface area contributed by atoms with Crippen LogP contribution in [-0.2, 0) is 0 Å². The fourth-order valence-electron chi connectivity index (χ4n) is 2.01. The summed E-state index contributed by atoms with van der Waals surface area (Å²) in [6.45, 7) is -0.0596. The van der Waals surface area contributed by atoms with Crippen molar-refractivity contribution in [2.45, 2.75) is 6.10 Å². The molecule has 4 nitrogen and oxygen atoms in total. The van der Waals surface area contributed by atoms with E-state index < -0.39 is 17.7 Å². The largest absolute Gasteiger partial charge is 0.490 e. The van der Waals surface area contributed by atoms with Crippen LogP contribution in [0.2, 0.25) is 0 Å². The summed E-state index contributed by atoms with van der Waals surface area (Å²) >= 11 is 0. The van der Waals surface area contributed by atoms with Crippen LogP contribution in [0.15, 0.2) is 36.4 Å². The fraction of sp³-hybridized carbons (Fsp3) is 0.200. The lowest BCUT2D eigenvalue weighted by molar-refractivity contribution is 0.104. The fourth-order valence-corrected chi connectivity index (χ4v) is 2.01. The minimum Gasteiger partial charge on any atom is -0.490 e.